The maximum atomic E-state index is 4.81. The molecule has 1 fully saturated rings. The van der Waals surface area contributed by atoms with Crippen LogP contribution in [0.3, 0.4) is 0 Å². The van der Waals surface area contributed by atoms with E-state index in [-0.39, 0.29) is 0 Å². The summed E-state index contributed by atoms with van der Waals surface area (Å²) in [7, 11) is 4.11. The van der Waals surface area contributed by atoms with Crippen LogP contribution < -0.4 is 10.2 Å². The number of nitrogens with zero attached hydrogens (tertiary/aromatic N) is 2. The van der Waals surface area contributed by atoms with Crippen molar-refractivity contribution < 1.29 is 0 Å². The SMILES string of the molecule is CN(C)c1nc(-c2ccccc2)c(CCNC2CC2)s1. The fourth-order valence-electron chi connectivity index (χ4n) is 2.20. The van der Waals surface area contributed by atoms with Gasteiger partial charge in [0.1, 0.15) is 0 Å². The van der Waals surface area contributed by atoms with E-state index < -0.39 is 0 Å². The van der Waals surface area contributed by atoms with Crippen molar-refractivity contribution in [2.75, 3.05) is 25.5 Å². The third-order valence-corrected chi connectivity index (χ3v) is 4.76. The van der Waals surface area contributed by atoms with E-state index in [1.807, 2.05) is 11.3 Å². The van der Waals surface area contributed by atoms with Crippen molar-refractivity contribution in [3.8, 4) is 11.3 Å². The van der Waals surface area contributed by atoms with Crippen molar-refractivity contribution in [3.05, 3.63) is 35.2 Å². The molecular formula is C16H21N3S. The first-order valence-electron chi connectivity index (χ1n) is 7.20. The Morgan fingerprint density at radius 1 is 1.25 bits per heavy atom. The van der Waals surface area contributed by atoms with E-state index >= 15 is 0 Å². The Morgan fingerprint density at radius 3 is 2.65 bits per heavy atom. The maximum absolute atomic E-state index is 4.81. The van der Waals surface area contributed by atoms with Gasteiger partial charge in [0.15, 0.2) is 5.13 Å². The Hall–Kier alpha value is -1.39. The normalized spacial score (nSPS) is 14.5. The summed E-state index contributed by atoms with van der Waals surface area (Å²) in [4.78, 5) is 8.28. The van der Waals surface area contributed by atoms with Crippen LogP contribution in [0.4, 0.5) is 5.13 Å². The zero-order valence-corrected chi connectivity index (χ0v) is 12.9. The molecule has 0 spiro atoms. The first-order chi connectivity index (χ1) is 9.74. The number of anilines is 1. The number of hydrogen-bond acceptors (Lipinski definition) is 4. The van der Waals surface area contributed by atoms with Gasteiger partial charge in [-0.15, -0.1) is 11.3 Å². The lowest BCUT2D eigenvalue weighted by Gasteiger charge is -2.05. The van der Waals surface area contributed by atoms with Crippen LogP contribution in [-0.2, 0) is 6.42 Å². The Kier molecular flexibility index (Phi) is 4.03. The van der Waals surface area contributed by atoms with Crippen LogP contribution in [0, 0.1) is 0 Å². The van der Waals surface area contributed by atoms with E-state index in [0.29, 0.717) is 0 Å². The van der Waals surface area contributed by atoms with Crippen LogP contribution in [0.15, 0.2) is 30.3 Å². The highest BCUT2D eigenvalue weighted by Crippen LogP contribution is 2.32. The molecule has 0 bridgehead atoms. The largest absolute Gasteiger partial charge is 0.354 e. The summed E-state index contributed by atoms with van der Waals surface area (Å²) in [6.45, 7) is 1.06. The lowest BCUT2D eigenvalue weighted by Crippen LogP contribution is -2.19. The molecule has 1 aliphatic carbocycles. The van der Waals surface area contributed by atoms with Crippen LogP contribution in [-0.4, -0.2) is 31.7 Å². The van der Waals surface area contributed by atoms with Gasteiger partial charge in [-0.1, -0.05) is 30.3 Å². The zero-order chi connectivity index (χ0) is 13.9. The van der Waals surface area contributed by atoms with Crippen LogP contribution in [0.2, 0.25) is 0 Å². The Labute approximate surface area is 124 Å². The van der Waals surface area contributed by atoms with Crippen LogP contribution in [0.5, 0.6) is 0 Å². The highest BCUT2D eigenvalue weighted by Gasteiger charge is 2.20. The first kappa shape index (κ1) is 13.6. The molecular weight excluding hydrogens is 266 g/mol. The lowest BCUT2D eigenvalue weighted by molar-refractivity contribution is 0.685. The summed E-state index contributed by atoms with van der Waals surface area (Å²) in [5.74, 6) is 0. The van der Waals surface area contributed by atoms with Gasteiger partial charge in [-0.25, -0.2) is 4.98 Å². The van der Waals surface area contributed by atoms with Crippen molar-refractivity contribution in [1.82, 2.24) is 10.3 Å². The van der Waals surface area contributed by atoms with Gasteiger partial charge >= 0.3 is 0 Å². The van der Waals surface area contributed by atoms with Crippen LogP contribution >= 0.6 is 11.3 Å². The number of hydrogen-bond donors (Lipinski definition) is 1. The van der Waals surface area contributed by atoms with Crippen molar-refractivity contribution in [3.63, 3.8) is 0 Å². The topological polar surface area (TPSA) is 28.2 Å². The molecule has 106 valence electrons. The van der Waals surface area contributed by atoms with Gasteiger partial charge in [0.05, 0.1) is 5.69 Å². The van der Waals surface area contributed by atoms with E-state index in [1.165, 1.54) is 23.3 Å². The second-order valence-corrected chi connectivity index (χ2v) is 6.57. The minimum absolute atomic E-state index is 0.774. The van der Waals surface area contributed by atoms with Crippen molar-refractivity contribution in [2.45, 2.75) is 25.3 Å². The molecule has 0 atom stereocenters. The van der Waals surface area contributed by atoms with Crippen molar-refractivity contribution in [2.24, 2.45) is 0 Å². The monoisotopic (exact) mass is 287 g/mol. The standard InChI is InChI=1S/C16H21N3S/c1-19(2)16-18-15(12-6-4-3-5-7-12)14(20-16)10-11-17-13-8-9-13/h3-7,13,17H,8-11H2,1-2H3. The van der Waals surface area contributed by atoms with Crippen molar-refractivity contribution in [1.29, 1.82) is 0 Å². The van der Waals surface area contributed by atoms with Crippen molar-refractivity contribution >= 4 is 16.5 Å². The lowest BCUT2D eigenvalue weighted by atomic mass is 10.1. The number of rotatable bonds is 6. The molecule has 1 aromatic heterocycles. The highest BCUT2D eigenvalue weighted by molar-refractivity contribution is 7.16. The fourth-order valence-corrected chi connectivity index (χ4v) is 3.20. The van der Waals surface area contributed by atoms with Gasteiger partial charge < -0.3 is 10.2 Å². The second kappa shape index (κ2) is 5.94. The third kappa shape index (κ3) is 3.19. The van der Waals surface area contributed by atoms with E-state index in [9.17, 15) is 0 Å². The molecule has 3 nitrogen and oxygen atoms in total. The molecule has 0 aliphatic heterocycles. The van der Waals surface area contributed by atoms with Crippen LogP contribution in [0.25, 0.3) is 11.3 Å². The molecule has 4 heteroatoms. The zero-order valence-electron chi connectivity index (χ0n) is 12.1. The molecule has 1 N–H and O–H groups in total. The summed E-state index contributed by atoms with van der Waals surface area (Å²) in [6, 6.07) is 11.3. The number of nitrogens with one attached hydrogen (secondary N) is 1. The number of aromatic nitrogens is 1. The predicted molar refractivity (Wildman–Crippen MR) is 86.6 cm³/mol. The Bertz CT molecular complexity index is 558. The summed E-state index contributed by atoms with van der Waals surface area (Å²) in [5.41, 5.74) is 2.37. The van der Waals surface area contributed by atoms with Gasteiger partial charge in [-0.05, 0) is 19.3 Å². The summed E-state index contributed by atoms with van der Waals surface area (Å²) in [6.07, 6.45) is 3.75. The van der Waals surface area contributed by atoms with Gasteiger partial charge in [0, 0.05) is 37.1 Å². The molecule has 1 aromatic carbocycles. The summed E-state index contributed by atoms with van der Waals surface area (Å²) >= 11 is 1.81. The second-order valence-electron chi connectivity index (χ2n) is 5.51. The van der Waals surface area contributed by atoms with Gasteiger partial charge in [-0.3, -0.25) is 0 Å². The molecule has 2 aromatic rings. The smallest absolute Gasteiger partial charge is 0.185 e. The number of benzene rings is 1. The first-order valence-corrected chi connectivity index (χ1v) is 8.01. The molecule has 20 heavy (non-hydrogen) atoms. The van der Waals surface area contributed by atoms with Gasteiger partial charge in [0.2, 0.25) is 0 Å². The van der Waals surface area contributed by atoms with Gasteiger partial charge in [0.25, 0.3) is 0 Å². The summed E-state index contributed by atoms with van der Waals surface area (Å²) in [5, 5.41) is 4.68. The van der Waals surface area contributed by atoms with Crippen LogP contribution in [0.1, 0.15) is 17.7 Å². The van der Waals surface area contributed by atoms with E-state index in [4.69, 9.17) is 4.98 Å². The average molecular weight is 287 g/mol. The summed E-state index contributed by atoms with van der Waals surface area (Å²) < 4.78 is 0. The molecule has 0 radical (unpaired) electrons. The molecule has 0 saturated heterocycles. The predicted octanol–water partition coefficient (Wildman–Crippen LogP) is 3.17. The quantitative estimate of drug-likeness (QED) is 0.884. The van der Waals surface area contributed by atoms with E-state index in [0.717, 1.165) is 29.8 Å². The minimum atomic E-state index is 0.774. The third-order valence-electron chi connectivity index (χ3n) is 3.48. The molecule has 0 unspecified atom stereocenters. The number of thiazole rings is 1. The molecule has 1 aliphatic rings. The molecule has 1 heterocycles. The minimum Gasteiger partial charge on any atom is -0.354 e. The Morgan fingerprint density at radius 2 is 2.00 bits per heavy atom. The molecule has 3 rings (SSSR count). The highest BCUT2D eigenvalue weighted by atomic mass is 32.1. The van der Waals surface area contributed by atoms with E-state index in [2.05, 4.69) is 54.6 Å². The van der Waals surface area contributed by atoms with E-state index in [1.54, 1.807) is 0 Å². The van der Waals surface area contributed by atoms with Gasteiger partial charge in [-0.2, -0.15) is 0 Å². The molecule has 1 saturated carbocycles. The average Bonchev–Trinajstić information content (AvgIpc) is 3.17. The fraction of sp³-hybridized carbons (Fsp3) is 0.438. The Balaban J connectivity index is 1.81. The molecule has 0 amide bonds. The maximum Gasteiger partial charge on any atom is 0.185 e.